The molecule has 1 saturated heterocycles. The molecular formula is C11H23ClN2O2. The van der Waals surface area contributed by atoms with Gasteiger partial charge in [-0.15, -0.1) is 12.4 Å². The minimum absolute atomic E-state index is 0. The second-order valence-corrected chi connectivity index (χ2v) is 4.94. The van der Waals surface area contributed by atoms with Crippen LogP contribution in [-0.4, -0.2) is 43.2 Å². The quantitative estimate of drug-likeness (QED) is 0.814. The molecule has 0 aromatic heterocycles. The van der Waals surface area contributed by atoms with E-state index in [0.29, 0.717) is 5.92 Å². The van der Waals surface area contributed by atoms with E-state index in [-0.39, 0.29) is 18.3 Å². The van der Waals surface area contributed by atoms with Gasteiger partial charge in [-0.2, -0.15) is 0 Å². The van der Waals surface area contributed by atoms with Crippen LogP contribution in [0, 0.1) is 5.92 Å². The molecule has 1 rings (SSSR count). The van der Waals surface area contributed by atoms with Gasteiger partial charge in [0.05, 0.1) is 12.1 Å². The highest BCUT2D eigenvalue weighted by Gasteiger charge is 2.31. The number of hydrogen-bond acceptors (Lipinski definition) is 3. The summed E-state index contributed by atoms with van der Waals surface area (Å²) in [5.74, 6) is 0.512. The van der Waals surface area contributed by atoms with Crippen molar-refractivity contribution in [2.75, 3.05) is 26.8 Å². The molecule has 0 saturated carbocycles. The third-order valence-electron chi connectivity index (χ3n) is 2.76. The lowest BCUT2D eigenvalue weighted by molar-refractivity contribution is -0.138. The summed E-state index contributed by atoms with van der Waals surface area (Å²) in [6.07, 6.45) is 2.19. The first-order valence-electron chi connectivity index (χ1n) is 5.52. The second-order valence-electron chi connectivity index (χ2n) is 4.94. The van der Waals surface area contributed by atoms with Crippen LogP contribution < -0.4 is 5.73 Å². The Bertz CT molecular complexity index is 227. The van der Waals surface area contributed by atoms with E-state index in [2.05, 4.69) is 0 Å². The number of likely N-dealkylation sites (tertiary alicyclic amines) is 1. The molecule has 1 atom stereocenters. The summed E-state index contributed by atoms with van der Waals surface area (Å²) >= 11 is 0. The van der Waals surface area contributed by atoms with Gasteiger partial charge in [-0.25, -0.2) is 0 Å². The first kappa shape index (κ1) is 15.7. The minimum Gasteiger partial charge on any atom is -0.384 e. The predicted molar refractivity (Wildman–Crippen MR) is 66.7 cm³/mol. The molecule has 1 heterocycles. The molecule has 5 heteroatoms. The predicted octanol–water partition coefficient (Wildman–Crippen LogP) is 1.03. The Kier molecular flexibility index (Phi) is 6.30. The van der Waals surface area contributed by atoms with Crippen LogP contribution in [0.15, 0.2) is 0 Å². The zero-order valence-electron chi connectivity index (χ0n) is 10.4. The molecule has 1 unspecified atom stereocenters. The van der Waals surface area contributed by atoms with E-state index in [9.17, 15) is 4.79 Å². The number of carbonyl (C=O) groups is 1. The standard InChI is InChI=1S/C11H22N2O2.ClH/c1-11(2,12)10(14)13-6-4-5-9(7-13)8-15-3;/h9H,4-8,12H2,1-3H3;1H. The number of rotatable bonds is 3. The van der Waals surface area contributed by atoms with Gasteiger partial charge in [-0.3, -0.25) is 4.79 Å². The molecule has 1 aliphatic heterocycles. The van der Waals surface area contributed by atoms with Gasteiger partial charge in [0.1, 0.15) is 0 Å². The number of ether oxygens (including phenoxy) is 1. The molecule has 1 fully saturated rings. The van der Waals surface area contributed by atoms with Crippen LogP contribution in [0.3, 0.4) is 0 Å². The van der Waals surface area contributed by atoms with Gasteiger partial charge in [0.15, 0.2) is 0 Å². The lowest BCUT2D eigenvalue weighted by atomic mass is 9.96. The van der Waals surface area contributed by atoms with Crippen LogP contribution in [0.5, 0.6) is 0 Å². The number of halogens is 1. The van der Waals surface area contributed by atoms with E-state index >= 15 is 0 Å². The second kappa shape index (κ2) is 6.42. The summed E-state index contributed by atoms with van der Waals surface area (Å²) in [5, 5.41) is 0. The SMILES string of the molecule is COCC1CCCN(C(=O)C(C)(C)N)C1.Cl. The van der Waals surface area contributed by atoms with Crippen molar-refractivity contribution in [3.8, 4) is 0 Å². The van der Waals surface area contributed by atoms with E-state index < -0.39 is 5.54 Å². The molecule has 0 spiro atoms. The monoisotopic (exact) mass is 250 g/mol. The van der Waals surface area contributed by atoms with Crippen LogP contribution in [0.4, 0.5) is 0 Å². The highest BCUT2D eigenvalue weighted by Crippen LogP contribution is 2.18. The van der Waals surface area contributed by atoms with Gasteiger partial charge in [-0.1, -0.05) is 0 Å². The number of methoxy groups -OCH3 is 1. The maximum absolute atomic E-state index is 11.9. The lowest BCUT2D eigenvalue weighted by Gasteiger charge is -2.36. The summed E-state index contributed by atoms with van der Waals surface area (Å²) in [5.41, 5.74) is 5.05. The molecule has 0 bridgehead atoms. The molecular weight excluding hydrogens is 228 g/mol. The normalized spacial score (nSPS) is 21.5. The van der Waals surface area contributed by atoms with Crippen molar-refractivity contribution in [1.29, 1.82) is 0 Å². The smallest absolute Gasteiger partial charge is 0.242 e. The van der Waals surface area contributed by atoms with Gasteiger partial charge in [0, 0.05) is 20.2 Å². The number of carbonyl (C=O) groups excluding carboxylic acids is 1. The Morgan fingerprint density at radius 2 is 2.19 bits per heavy atom. The van der Waals surface area contributed by atoms with Crippen LogP contribution >= 0.6 is 12.4 Å². The van der Waals surface area contributed by atoms with Crippen molar-refractivity contribution < 1.29 is 9.53 Å². The van der Waals surface area contributed by atoms with Gasteiger partial charge < -0.3 is 15.4 Å². The lowest BCUT2D eigenvalue weighted by Crippen LogP contribution is -2.54. The van der Waals surface area contributed by atoms with Crippen LogP contribution in [-0.2, 0) is 9.53 Å². The average molecular weight is 251 g/mol. The molecule has 16 heavy (non-hydrogen) atoms. The Balaban J connectivity index is 0.00000225. The van der Waals surface area contributed by atoms with Crippen molar-refractivity contribution in [1.82, 2.24) is 4.90 Å². The van der Waals surface area contributed by atoms with Crippen LogP contribution in [0.1, 0.15) is 26.7 Å². The van der Waals surface area contributed by atoms with Gasteiger partial charge in [0.25, 0.3) is 0 Å². The molecule has 2 N–H and O–H groups in total. The maximum atomic E-state index is 11.9. The molecule has 1 aliphatic rings. The fraction of sp³-hybridized carbons (Fsp3) is 0.909. The highest BCUT2D eigenvalue weighted by atomic mass is 35.5. The van der Waals surface area contributed by atoms with Crippen molar-refractivity contribution in [3.63, 3.8) is 0 Å². The largest absolute Gasteiger partial charge is 0.384 e. The van der Waals surface area contributed by atoms with Crippen molar-refractivity contribution >= 4 is 18.3 Å². The Morgan fingerprint density at radius 3 is 2.69 bits per heavy atom. The number of amides is 1. The summed E-state index contributed by atoms with van der Waals surface area (Å²) in [4.78, 5) is 13.8. The van der Waals surface area contributed by atoms with Crippen LogP contribution in [0.2, 0.25) is 0 Å². The molecule has 96 valence electrons. The van der Waals surface area contributed by atoms with Crippen molar-refractivity contribution in [2.24, 2.45) is 11.7 Å². The van der Waals surface area contributed by atoms with E-state index in [4.69, 9.17) is 10.5 Å². The van der Waals surface area contributed by atoms with E-state index in [1.54, 1.807) is 21.0 Å². The van der Waals surface area contributed by atoms with E-state index in [1.807, 2.05) is 4.90 Å². The number of nitrogens with zero attached hydrogens (tertiary/aromatic N) is 1. The van der Waals surface area contributed by atoms with Crippen LogP contribution in [0.25, 0.3) is 0 Å². The minimum atomic E-state index is -0.755. The number of nitrogens with two attached hydrogens (primary N) is 1. The average Bonchev–Trinajstić information content (AvgIpc) is 2.16. The maximum Gasteiger partial charge on any atom is 0.242 e. The molecule has 0 aliphatic carbocycles. The number of piperidine rings is 1. The van der Waals surface area contributed by atoms with Crippen molar-refractivity contribution in [2.45, 2.75) is 32.2 Å². The highest BCUT2D eigenvalue weighted by molar-refractivity contribution is 5.85. The van der Waals surface area contributed by atoms with E-state index in [1.165, 1.54) is 0 Å². The summed E-state index contributed by atoms with van der Waals surface area (Å²) in [6.45, 7) is 5.87. The topological polar surface area (TPSA) is 55.6 Å². The molecule has 0 aromatic carbocycles. The molecule has 4 nitrogen and oxygen atoms in total. The third-order valence-corrected chi connectivity index (χ3v) is 2.76. The Morgan fingerprint density at radius 1 is 1.56 bits per heavy atom. The zero-order chi connectivity index (χ0) is 11.5. The third kappa shape index (κ3) is 4.28. The summed E-state index contributed by atoms with van der Waals surface area (Å²) in [6, 6.07) is 0. The number of hydrogen-bond donors (Lipinski definition) is 1. The first-order chi connectivity index (χ1) is 6.95. The Hall–Kier alpha value is -0.320. The fourth-order valence-corrected chi connectivity index (χ4v) is 2.03. The van der Waals surface area contributed by atoms with Gasteiger partial charge >= 0.3 is 0 Å². The zero-order valence-corrected chi connectivity index (χ0v) is 11.2. The summed E-state index contributed by atoms with van der Waals surface area (Å²) < 4.78 is 5.13. The van der Waals surface area contributed by atoms with E-state index in [0.717, 1.165) is 32.5 Å². The van der Waals surface area contributed by atoms with Gasteiger partial charge in [-0.05, 0) is 32.6 Å². The van der Waals surface area contributed by atoms with Crippen molar-refractivity contribution in [3.05, 3.63) is 0 Å². The van der Waals surface area contributed by atoms with Gasteiger partial charge in [0.2, 0.25) is 5.91 Å². The molecule has 1 amide bonds. The Labute approximate surface area is 104 Å². The molecule has 0 aromatic rings. The molecule has 0 radical (unpaired) electrons. The first-order valence-corrected chi connectivity index (χ1v) is 5.52. The fourth-order valence-electron chi connectivity index (χ4n) is 2.03. The summed E-state index contributed by atoms with van der Waals surface area (Å²) in [7, 11) is 1.70.